The van der Waals surface area contributed by atoms with E-state index >= 15 is 0 Å². The van der Waals surface area contributed by atoms with Crippen molar-refractivity contribution in [3.05, 3.63) is 35.2 Å². The Balaban J connectivity index is 1.61. The molecule has 1 amide bonds. The number of carbonyl (C=O) groups excluding carboxylic acids is 1. The van der Waals surface area contributed by atoms with E-state index in [4.69, 9.17) is 9.78 Å². The highest BCUT2D eigenvalue weighted by Gasteiger charge is 2.33. The number of hydrogen-bond donors (Lipinski definition) is 1. The molecule has 3 rings (SSSR count). The number of aryl methyl sites for hydroxylation is 2. The maximum Gasteiger partial charge on any atom is 0.267 e. The van der Waals surface area contributed by atoms with Crippen molar-refractivity contribution in [2.45, 2.75) is 32.1 Å². The molecule has 2 aromatic rings. The molecule has 9 heteroatoms. The van der Waals surface area contributed by atoms with E-state index in [1.807, 2.05) is 11.0 Å². The lowest BCUT2D eigenvalue weighted by Crippen LogP contribution is -2.40. The van der Waals surface area contributed by atoms with Crippen molar-refractivity contribution in [3.63, 3.8) is 0 Å². The Morgan fingerprint density at radius 1 is 1.60 bits per heavy atom. The van der Waals surface area contributed by atoms with E-state index in [1.165, 1.54) is 6.07 Å². The fourth-order valence-corrected chi connectivity index (χ4v) is 3.07. The van der Waals surface area contributed by atoms with Gasteiger partial charge in [-0.15, -0.1) is 0 Å². The first kappa shape index (κ1) is 17.1. The van der Waals surface area contributed by atoms with E-state index < -0.39 is 6.17 Å². The van der Waals surface area contributed by atoms with Crippen LogP contribution in [0.15, 0.2) is 16.8 Å². The van der Waals surface area contributed by atoms with Gasteiger partial charge in [-0.2, -0.15) is 10.2 Å². The number of nitriles is 1. The number of carbonyl (C=O) groups is 1. The van der Waals surface area contributed by atoms with Gasteiger partial charge in [0.2, 0.25) is 5.89 Å². The molecule has 25 heavy (non-hydrogen) atoms. The second-order valence-corrected chi connectivity index (χ2v) is 6.19. The zero-order valence-electron chi connectivity index (χ0n) is 14.1. The van der Waals surface area contributed by atoms with Gasteiger partial charge in [0.05, 0.1) is 12.1 Å². The molecule has 0 unspecified atom stereocenters. The molecule has 132 valence electrons. The van der Waals surface area contributed by atoms with Gasteiger partial charge in [0, 0.05) is 39.3 Å². The van der Waals surface area contributed by atoms with Crippen molar-refractivity contribution < 1.29 is 13.7 Å². The molecular weight excluding hydrogens is 327 g/mol. The molecule has 2 aromatic heterocycles. The summed E-state index contributed by atoms with van der Waals surface area (Å²) < 4.78 is 20.4. The number of amides is 1. The first-order valence-electron chi connectivity index (χ1n) is 7.98. The monoisotopic (exact) mass is 346 g/mol. The fraction of sp³-hybridized carbons (Fsp3) is 0.500. The van der Waals surface area contributed by atoms with Crippen molar-refractivity contribution in [1.82, 2.24) is 24.9 Å². The van der Waals surface area contributed by atoms with Crippen molar-refractivity contribution in [2.75, 3.05) is 13.1 Å². The number of nitrogens with zero attached hydrogens (tertiary/aromatic N) is 5. The minimum atomic E-state index is -0.949. The number of halogens is 1. The number of aromatic nitrogens is 3. The Morgan fingerprint density at radius 2 is 2.40 bits per heavy atom. The molecular formula is C16H19FN6O2. The van der Waals surface area contributed by atoms with Gasteiger partial charge in [0.1, 0.15) is 17.9 Å². The Labute approximate surface area is 144 Å². The molecule has 1 N–H and O–H groups in total. The Kier molecular flexibility index (Phi) is 4.81. The summed E-state index contributed by atoms with van der Waals surface area (Å²) in [5.74, 6) is 0.679. The molecule has 2 atom stereocenters. The van der Waals surface area contributed by atoms with Crippen molar-refractivity contribution >= 4 is 5.91 Å². The summed E-state index contributed by atoms with van der Waals surface area (Å²) in [4.78, 5) is 18.3. The molecule has 0 bridgehead atoms. The number of hydrogen-bond acceptors (Lipinski definition) is 6. The number of nitrogens with one attached hydrogen (secondary N) is 1. The highest BCUT2D eigenvalue weighted by Crippen LogP contribution is 2.21. The maximum absolute atomic E-state index is 13.8. The molecule has 0 aliphatic carbocycles. The Morgan fingerprint density at radius 3 is 3.04 bits per heavy atom. The van der Waals surface area contributed by atoms with Crippen LogP contribution in [0.1, 0.15) is 34.2 Å². The second-order valence-electron chi connectivity index (χ2n) is 6.19. The van der Waals surface area contributed by atoms with Gasteiger partial charge in [-0.1, -0.05) is 5.16 Å². The summed E-state index contributed by atoms with van der Waals surface area (Å²) in [7, 11) is 1.70. The molecule has 1 aliphatic rings. The van der Waals surface area contributed by atoms with Crippen LogP contribution in [0, 0.1) is 18.3 Å². The molecule has 1 aliphatic heterocycles. The number of alkyl halides is 1. The van der Waals surface area contributed by atoms with Gasteiger partial charge in [0.25, 0.3) is 5.91 Å². The molecule has 0 spiro atoms. The molecule has 0 saturated carbocycles. The minimum Gasteiger partial charge on any atom is -0.349 e. The summed E-state index contributed by atoms with van der Waals surface area (Å²) in [6, 6.07) is 3.39. The molecule has 1 fully saturated rings. The van der Waals surface area contributed by atoms with Crippen LogP contribution in [0.3, 0.4) is 0 Å². The minimum absolute atomic E-state index is 0.145. The topological polar surface area (TPSA) is 100.0 Å². The highest BCUT2D eigenvalue weighted by atomic mass is 19.1. The van der Waals surface area contributed by atoms with Gasteiger partial charge >= 0.3 is 0 Å². The summed E-state index contributed by atoms with van der Waals surface area (Å²) >= 11 is 0. The van der Waals surface area contributed by atoms with E-state index in [0.717, 1.165) is 0 Å². The fourth-order valence-electron chi connectivity index (χ4n) is 3.07. The van der Waals surface area contributed by atoms with E-state index in [-0.39, 0.29) is 18.5 Å². The number of likely N-dealkylation sites (tertiary alicyclic amines) is 1. The van der Waals surface area contributed by atoms with Crippen LogP contribution in [-0.4, -0.2) is 50.8 Å². The molecule has 0 radical (unpaired) electrons. The third-order valence-electron chi connectivity index (χ3n) is 4.26. The Bertz CT molecular complexity index is 808. The van der Waals surface area contributed by atoms with Crippen LogP contribution in [0.4, 0.5) is 4.39 Å². The lowest BCUT2D eigenvalue weighted by molar-refractivity contribution is 0.0931. The summed E-state index contributed by atoms with van der Waals surface area (Å²) in [5, 5.41) is 15.6. The van der Waals surface area contributed by atoms with Gasteiger partial charge in [0.15, 0.2) is 5.82 Å². The largest absolute Gasteiger partial charge is 0.349 e. The number of rotatable bonds is 5. The van der Waals surface area contributed by atoms with E-state index in [0.29, 0.717) is 42.5 Å². The molecule has 8 nitrogen and oxygen atoms in total. The first-order chi connectivity index (χ1) is 12.0. The van der Waals surface area contributed by atoms with Crippen LogP contribution >= 0.6 is 0 Å². The molecule has 1 saturated heterocycles. The quantitative estimate of drug-likeness (QED) is 0.864. The van der Waals surface area contributed by atoms with Crippen molar-refractivity contribution in [3.8, 4) is 6.07 Å². The average molecular weight is 346 g/mol. The standard InChI is InChI=1S/C16H19FN6O2/c1-10-20-15(21-25-10)9-23-8-12(17)4-13(23)6-19-16(24)14-3-11(5-18)7-22(14)2/h3,7,12-13H,4,6,8-9H2,1-2H3,(H,19,24)/t12-,13-/m0/s1. The smallest absolute Gasteiger partial charge is 0.267 e. The van der Waals surface area contributed by atoms with Crippen molar-refractivity contribution in [2.24, 2.45) is 7.05 Å². The van der Waals surface area contributed by atoms with Crippen molar-refractivity contribution in [1.29, 1.82) is 5.26 Å². The van der Waals surface area contributed by atoms with Gasteiger partial charge in [-0.05, 0) is 12.5 Å². The van der Waals surface area contributed by atoms with Gasteiger partial charge < -0.3 is 14.4 Å². The van der Waals surface area contributed by atoms with Gasteiger partial charge in [-0.25, -0.2) is 4.39 Å². The Hall–Kier alpha value is -2.73. The summed E-state index contributed by atoms with van der Waals surface area (Å²) in [6.45, 7) is 2.66. The van der Waals surface area contributed by atoms with E-state index in [9.17, 15) is 9.18 Å². The lowest BCUT2D eigenvalue weighted by Gasteiger charge is -2.22. The van der Waals surface area contributed by atoms with Gasteiger partial charge in [-0.3, -0.25) is 9.69 Å². The maximum atomic E-state index is 13.8. The SMILES string of the molecule is Cc1nc(CN2C[C@@H](F)C[C@H]2CNC(=O)c2cc(C#N)cn2C)no1. The first-order valence-corrected chi connectivity index (χ1v) is 7.98. The van der Waals surface area contributed by atoms with Crippen LogP contribution in [0.2, 0.25) is 0 Å². The van der Waals surface area contributed by atoms with Crippen LogP contribution in [-0.2, 0) is 13.6 Å². The van der Waals surface area contributed by atoms with E-state index in [1.54, 1.807) is 24.7 Å². The zero-order valence-corrected chi connectivity index (χ0v) is 14.1. The zero-order chi connectivity index (χ0) is 18.0. The molecule has 3 heterocycles. The predicted molar refractivity (Wildman–Crippen MR) is 85.2 cm³/mol. The third-order valence-corrected chi connectivity index (χ3v) is 4.26. The lowest BCUT2D eigenvalue weighted by atomic mass is 10.2. The van der Waals surface area contributed by atoms with Crippen LogP contribution in [0.5, 0.6) is 0 Å². The second kappa shape index (κ2) is 7.03. The van der Waals surface area contributed by atoms with Crippen LogP contribution < -0.4 is 5.32 Å². The predicted octanol–water partition coefficient (Wildman–Crippen LogP) is 0.931. The highest BCUT2D eigenvalue weighted by molar-refractivity contribution is 5.93. The summed E-state index contributed by atoms with van der Waals surface area (Å²) in [5.41, 5.74) is 0.818. The van der Waals surface area contributed by atoms with E-state index in [2.05, 4.69) is 15.5 Å². The third kappa shape index (κ3) is 3.85. The van der Waals surface area contributed by atoms with Crippen LogP contribution in [0.25, 0.3) is 0 Å². The summed E-state index contributed by atoms with van der Waals surface area (Å²) in [6.07, 6.45) is 0.982. The average Bonchev–Trinajstić information content (AvgIpc) is 3.25. The normalized spacial score (nSPS) is 20.6. The molecule has 0 aromatic carbocycles.